The molecular weight excluding hydrogens is 735 g/mol. The van der Waals surface area contributed by atoms with Gasteiger partial charge in [0.2, 0.25) is 0 Å². The molecule has 3 aromatic heterocycles. The van der Waals surface area contributed by atoms with Gasteiger partial charge in [-0.25, -0.2) is 9.98 Å². The third-order valence-electron chi connectivity index (χ3n) is 12.3. The normalized spacial score (nSPS) is 13.6. The Hall–Kier alpha value is -8.02. The number of furan rings is 2. The lowest BCUT2D eigenvalue weighted by Crippen LogP contribution is -2.07. The van der Waals surface area contributed by atoms with E-state index in [0.717, 1.165) is 94.1 Å². The summed E-state index contributed by atoms with van der Waals surface area (Å²) >= 11 is 0. The summed E-state index contributed by atoms with van der Waals surface area (Å²) < 4.78 is 15.7. The van der Waals surface area contributed by atoms with Crippen LogP contribution >= 0.6 is 0 Å². The van der Waals surface area contributed by atoms with E-state index < -0.39 is 0 Å². The third kappa shape index (κ3) is 4.93. The quantitative estimate of drug-likeness (QED) is 0.179. The van der Waals surface area contributed by atoms with E-state index in [0.29, 0.717) is 12.3 Å². The van der Waals surface area contributed by atoms with Crippen LogP contribution in [-0.2, 0) is 0 Å². The number of para-hydroxylation sites is 3. The molecule has 0 atom stereocenters. The summed E-state index contributed by atoms with van der Waals surface area (Å²) in [6, 6.07) is 64.1. The van der Waals surface area contributed by atoms with E-state index in [4.69, 9.17) is 18.8 Å². The van der Waals surface area contributed by atoms with Gasteiger partial charge in [0.1, 0.15) is 16.7 Å². The Labute approximate surface area is 343 Å². The van der Waals surface area contributed by atoms with Gasteiger partial charge in [0.15, 0.2) is 11.4 Å². The summed E-state index contributed by atoms with van der Waals surface area (Å²) in [5, 5.41) is 11.3. The summed E-state index contributed by atoms with van der Waals surface area (Å²) in [6.45, 7) is 0. The average Bonchev–Trinajstić information content (AvgIpc) is 3.91. The Morgan fingerprint density at radius 3 is 1.98 bits per heavy atom. The fourth-order valence-corrected chi connectivity index (χ4v) is 9.48. The first-order valence-corrected chi connectivity index (χ1v) is 20.4. The average molecular weight is 768 g/mol. The maximum absolute atomic E-state index is 6.96. The zero-order chi connectivity index (χ0) is 39.3. The molecule has 0 amide bonds. The molecule has 0 fully saturated rings. The number of aromatic nitrogens is 1. The smallest absolute Gasteiger partial charge is 0.160 e. The largest absolute Gasteiger partial charge is 0.456 e. The summed E-state index contributed by atoms with van der Waals surface area (Å²) in [6.07, 6.45) is 2.80. The number of nitrogens with zero attached hydrogens (tertiary/aromatic N) is 3. The number of fused-ring (bicyclic) bond motifs is 11. The summed E-state index contributed by atoms with van der Waals surface area (Å²) in [5.41, 5.74) is 11.3. The molecule has 0 spiro atoms. The SMILES string of the molecule is C1=C(c2ccc3c(c2)oc2ccccc23)N=C(c2ccc(-n3c4ccccc4c4cc5ccccc5cc43)c3oc4ccccc4c23)N=C(c2cccc3ccccc23)C1. The Balaban J connectivity index is 1.08. The highest BCUT2D eigenvalue weighted by molar-refractivity contribution is 6.26. The topological polar surface area (TPSA) is 55.9 Å². The van der Waals surface area contributed by atoms with Crippen LogP contribution in [0.3, 0.4) is 0 Å². The van der Waals surface area contributed by atoms with Crippen molar-refractivity contribution in [2.75, 3.05) is 0 Å². The molecule has 60 heavy (non-hydrogen) atoms. The molecule has 5 heteroatoms. The van der Waals surface area contributed by atoms with E-state index in [1.54, 1.807) is 0 Å². The Morgan fingerprint density at radius 2 is 1.12 bits per heavy atom. The third-order valence-corrected chi connectivity index (χ3v) is 12.3. The van der Waals surface area contributed by atoms with Gasteiger partial charge >= 0.3 is 0 Å². The monoisotopic (exact) mass is 767 g/mol. The molecule has 9 aromatic carbocycles. The van der Waals surface area contributed by atoms with Crippen molar-refractivity contribution in [2.45, 2.75) is 6.42 Å². The van der Waals surface area contributed by atoms with Crippen LogP contribution in [0.2, 0.25) is 0 Å². The van der Waals surface area contributed by atoms with Gasteiger partial charge in [-0.2, -0.15) is 0 Å². The van der Waals surface area contributed by atoms with Crippen LogP contribution in [0.25, 0.3) is 98.6 Å². The minimum absolute atomic E-state index is 0.594. The van der Waals surface area contributed by atoms with Crippen LogP contribution in [0.5, 0.6) is 0 Å². The molecule has 0 unspecified atom stereocenters. The Kier molecular flexibility index (Phi) is 7.01. The zero-order valence-electron chi connectivity index (χ0n) is 32.3. The molecule has 0 saturated heterocycles. The van der Waals surface area contributed by atoms with Crippen LogP contribution in [0.4, 0.5) is 0 Å². The van der Waals surface area contributed by atoms with Crippen molar-refractivity contribution in [1.29, 1.82) is 0 Å². The van der Waals surface area contributed by atoms with Crippen LogP contribution in [0, 0.1) is 0 Å². The highest BCUT2D eigenvalue weighted by Crippen LogP contribution is 2.42. The number of hydrogen-bond donors (Lipinski definition) is 0. The van der Waals surface area contributed by atoms with E-state index in [9.17, 15) is 0 Å². The number of benzene rings is 9. The van der Waals surface area contributed by atoms with Crippen LogP contribution in [0.1, 0.15) is 23.1 Å². The first-order chi connectivity index (χ1) is 29.7. The maximum Gasteiger partial charge on any atom is 0.160 e. The van der Waals surface area contributed by atoms with E-state index in [2.05, 4.69) is 174 Å². The number of hydrogen-bond acceptors (Lipinski definition) is 4. The Morgan fingerprint density at radius 1 is 0.433 bits per heavy atom. The highest BCUT2D eigenvalue weighted by atomic mass is 16.3. The van der Waals surface area contributed by atoms with Crippen LogP contribution in [-0.4, -0.2) is 16.1 Å². The van der Waals surface area contributed by atoms with Gasteiger partial charge in [-0.05, 0) is 76.1 Å². The lowest BCUT2D eigenvalue weighted by Gasteiger charge is -2.13. The first kappa shape index (κ1) is 33.0. The molecule has 1 aliphatic rings. The lowest BCUT2D eigenvalue weighted by atomic mass is 9.98. The van der Waals surface area contributed by atoms with E-state index in [1.807, 2.05) is 18.2 Å². The molecule has 0 bridgehead atoms. The predicted molar refractivity (Wildman–Crippen MR) is 249 cm³/mol. The second kappa shape index (κ2) is 12.7. The molecule has 0 saturated carbocycles. The lowest BCUT2D eigenvalue weighted by molar-refractivity contribution is 0.666. The van der Waals surface area contributed by atoms with Crippen LogP contribution < -0.4 is 0 Å². The fourth-order valence-electron chi connectivity index (χ4n) is 9.48. The van der Waals surface area contributed by atoms with Gasteiger partial charge in [0.05, 0.1) is 28.1 Å². The molecule has 12 aromatic rings. The van der Waals surface area contributed by atoms with Gasteiger partial charge in [0.25, 0.3) is 0 Å². The van der Waals surface area contributed by atoms with Crippen molar-refractivity contribution in [3.05, 3.63) is 205 Å². The van der Waals surface area contributed by atoms with Crippen molar-refractivity contribution in [3.63, 3.8) is 0 Å². The number of aliphatic imine (C=N–C) groups is 2. The van der Waals surface area contributed by atoms with Gasteiger partial charge in [0, 0.05) is 55.4 Å². The summed E-state index contributed by atoms with van der Waals surface area (Å²) in [7, 11) is 0. The molecule has 4 heterocycles. The first-order valence-electron chi connectivity index (χ1n) is 20.4. The highest BCUT2D eigenvalue weighted by Gasteiger charge is 2.24. The van der Waals surface area contributed by atoms with E-state index in [-0.39, 0.29) is 0 Å². The fraction of sp³-hybridized carbons (Fsp3) is 0.0182. The molecule has 0 radical (unpaired) electrons. The molecular formula is C55H33N3O2. The minimum Gasteiger partial charge on any atom is -0.456 e. The molecule has 0 aliphatic carbocycles. The van der Waals surface area contributed by atoms with E-state index >= 15 is 0 Å². The molecule has 0 N–H and O–H groups in total. The molecule has 13 rings (SSSR count). The van der Waals surface area contributed by atoms with Gasteiger partial charge in [-0.15, -0.1) is 0 Å². The molecule has 280 valence electrons. The zero-order valence-corrected chi connectivity index (χ0v) is 32.3. The predicted octanol–water partition coefficient (Wildman–Crippen LogP) is 14.6. The Bertz CT molecular complexity index is 3870. The standard InChI is InChI=1S/C55H33N3O2/c1-2-14-35-31-49-44(30-34(35)13-1)39-17-5-8-21-47(39)58(49)48-29-26-43(53-42-19-7-10-23-51(42)60-54(48)53)55-56-45(36-24-25-41-40-18-6-9-22-50(40)59-52(41)32-36)27-28-46(57-55)38-20-11-15-33-12-3-4-16-37(33)38/h1-27,29-32H,28H2. The maximum atomic E-state index is 6.96. The van der Waals surface area contributed by atoms with Crippen molar-refractivity contribution >= 4 is 104 Å². The van der Waals surface area contributed by atoms with Gasteiger partial charge in [-0.1, -0.05) is 133 Å². The van der Waals surface area contributed by atoms with Crippen LogP contribution in [0.15, 0.2) is 207 Å². The summed E-state index contributed by atoms with van der Waals surface area (Å²) in [4.78, 5) is 11.0. The van der Waals surface area contributed by atoms with Crippen molar-refractivity contribution in [1.82, 2.24) is 4.57 Å². The van der Waals surface area contributed by atoms with Crippen molar-refractivity contribution in [3.8, 4) is 5.69 Å². The number of allylic oxidation sites excluding steroid dienone is 1. The van der Waals surface area contributed by atoms with Crippen molar-refractivity contribution in [2.24, 2.45) is 9.98 Å². The number of rotatable bonds is 4. The van der Waals surface area contributed by atoms with E-state index in [1.165, 1.54) is 26.9 Å². The second-order valence-corrected chi connectivity index (χ2v) is 15.6. The second-order valence-electron chi connectivity index (χ2n) is 15.6. The van der Waals surface area contributed by atoms with Gasteiger partial charge in [-0.3, -0.25) is 0 Å². The minimum atomic E-state index is 0.594. The van der Waals surface area contributed by atoms with Crippen molar-refractivity contribution < 1.29 is 8.83 Å². The van der Waals surface area contributed by atoms with Gasteiger partial charge < -0.3 is 13.4 Å². The molecule has 5 nitrogen and oxygen atoms in total. The number of amidine groups is 1. The molecule has 1 aliphatic heterocycles. The summed E-state index contributed by atoms with van der Waals surface area (Å²) in [5.74, 6) is 0.628.